The predicted molar refractivity (Wildman–Crippen MR) is 101 cm³/mol. The van der Waals surface area contributed by atoms with Crippen LogP contribution in [-0.2, 0) is 14.3 Å². The molecule has 0 bridgehead atoms. The van der Waals surface area contributed by atoms with E-state index in [1.165, 1.54) is 6.08 Å². The van der Waals surface area contributed by atoms with E-state index in [-0.39, 0.29) is 18.4 Å². The van der Waals surface area contributed by atoms with Crippen molar-refractivity contribution in [3.8, 4) is 0 Å². The zero-order valence-corrected chi connectivity index (χ0v) is 14.9. The molecule has 0 heterocycles. The summed E-state index contributed by atoms with van der Waals surface area (Å²) in [5.74, 6) is -0.690. The van der Waals surface area contributed by atoms with Crippen molar-refractivity contribution in [1.29, 1.82) is 0 Å². The third-order valence-electron chi connectivity index (χ3n) is 3.46. The Kier molecular flexibility index (Phi) is 6.78. The largest absolute Gasteiger partial charge is 0.452 e. The van der Waals surface area contributed by atoms with E-state index in [1.54, 1.807) is 24.3 Å². The minimum absolute atomic E-state index is 0.277. The summed E-state index contributed by atoms with van der Waals surface area (Å²) in [6, 6.07) is 14.6. The molecule has 0 saturated heterocycles. The summed E-state index contributed by atoms with van der Waals surface area (Å²) in [5, 5.41) is 3.35. The molecule has 4 nitrogen and oxygen atoms in total. The van der Waals surface area contributed by atoms with Gasteiger partial charge in [-0.05, 0) is 41.3 Å². The molecule has 130 valence electrons. The molecule has 2 aromatic rings. The molecule has 0 fully saturated rings. The Bertz CT molecular complexity index is 784. The van der Waals surface area contributed by atoms with Crippen LogP contribution in [0.25, 0.3) is 6.08 Å². The maximum atomic E-state index is 12.0. The molecule has 0 atom stereocenters. The van der Waals surface area contributed by atoms with Gasteiger partial charge in [0.05, 0.1) is 0 Å². The average molecular weight is 358 g/mol. The number of halogens is 1. The first-order valence-electron chi connectivity index (χ1n) is 7.95. The Morgan fingerprint density at radius 3 is 2.64 bits per heavy atom. The van der Waals surface area contributed by atoms with E-state index in [9.17, 15) is 9.59 Å². The van der Waals surface area contributed by atoms with Crippen LogP contribution in [0.3, 0.4) is 0 Å². The minimum Gasteiger partial charge on any atom is -0.452 e. The Labute approximate surface area is 152 Å². The lowest BCUT2D eigenvalue weighted by molar-refractivity contribution is -0.142. The Hall–Kier alpha value is -2.59. The summed E-state index contributed by atoms with van der Waals surface area (Å²) >= 11 is 5.87. The number of para-hydroxylation sites is 1. The van der Waals surface area contributed by atoms with Gasteiger partial charge in [0.1, 0.15) is 0 Å². The molecule has 0 aliphatic carbocycles. The molecule has 5 heteroatoms. The molecule has 0 saturated carbocycles. The number of carbonyl (C=O) groups excluding carboxylic acids is 2. The van der Waals surface area contributed by atoms with Crippen LogP contribution in [0.5, 0.6) is 0 Å². The third kappa shape index (κ3) is 6.08. The van der Waals surface area contributed by atoms with Gasteiger partial charge in [0.15, 0.2) is 6.61 Å². The molecule has 0 aliphatic rings. The average Bonchev–Trinajstić information content (AvgIpc) is 2.58. The lowest BCUT2D eigenvalue weighted by Gasteiger charge is -2.13. The van der Waals surface area contributed by atoms with Gasteiger partial charge in [-0.1, -0.05) is 55.8 Å². The molecule has 0 spiro atoms. The lowest BCUT2D eigenvalue weighted by Crippen LogP contribution is -2.21. The molecule has 25 heavy (non-hydrogen) atoms. The van der Waals surface area contributed by atoms with Gasteiger partial charge < -0.3 is 10.1 Å². The van der Waals surface area contributed by atoms with Gasteiger partial charge in [-0.25, -0.2) is 4.79 Å². The fourth-order valence-electron chi connectivity index (χ4n) is 2.26. The van der Waals surface area contributed by atoms with Crippen molar-refractivity contribution in [2.24, 2.45) is 0 Å². The van der Waals surface area contributed by atoms with Gasteiger partial charge in [-0.3, -0.25) is 4.79 Å². The van der Waals surface area contributed by atoms with Crippen LogP contribution < -0.4 is 5.32 Å². The second-order valence-electron chi connectivity index (χ2n) is 5.79. The molecule has 1 amide bonds. The van der Waals surface area contributed by atoms with Crippen LogP contribution >= 0.6 is 11.6 Å². The summed E-state index contributed by atoms with van der Waals surface area (Å²) in [4.78, 5) is 23.7. The van der Waals surface area contributed by atoms with Crippen LogP contribution in [0.15, 0.2) is 54.6 Å². The number of hydrogen-bond donors (Lipinski definition) is 1. The molecule has 2 rings (SSSR count). The van der Waals surface area contributed by atoms with E-state index in [1.807, 2.05) is 44.2 Å². The van der Waals surface area contributed by atoms with Crippen LogP contribution in [0, 0.1) is 0 Å². The highest BCUT2D eigenvalue weighted by atomic mass is 35.5. The number of hydrogen-bond acceptors (Lipinski definition) is 3. The molecule has 0 aromatic heterocycles. The van der Waals surface area contributed by atoms with E-state index in [4.69, 9.17) is 16.3 Å². The molecule has 0 aliphatic heterocycles. The zero-order chi connectivity index (χ0) is 18.2. The van der Waals surface area contributed by atoms with Crippen molar-refractivity contribution >= 4 is 35.2 Å². The Morgan fingerprint density at radius 2 is 1.92 bits per heavy atom. The van der Waals surface area contributed by atoms with Gasteiger partial charge in [0, 0.05) is 16.8 Å². The number of benzene rings is 2. The van der Waals surface area contributed by atoms with Crippen molar-refractivity contribution in [3.63, 3.8) is 0 Å². The molecule has 1 N–H and O–H groups in total. The van der Waals surface area contributed by atoms with Crippen LogP contribution in [0.2, 0.25) is 5.02 Å². The fourth-order valence-corrected chi connectivity index (χ4v) is 2.46. The molecular weight excluding hydrogens is 338 g/mol. The number of anilines is 1. The first kappa shape index (κ1) is 18.7. The van der Waals surface area contributed by atoms with E-state index >= 15 is 0 Å². The molecular formula is C20H20ClNO3. The predicted octanol–water partition coefficient (Wildman–Crippen LogP) is 4.66. The molecule has 0 unspecified atom stereocenters. The quantitative estimate of drug-likeness (QED) is 0.604. The highest BCUT2D eigenvalue weighted by molar-refractivity contribution is 6.30. The lowest BCUT2D eigenvalue weighted by atomic mass is 10.0. The summed E-state index contributed by atoms with van der Waals surface area (Å²) < 4.78 is 4.96. The van der Waals surface area contributed by atoms with E-state index in [0.717, 1.165) is 16.8 Å². The van der Waals surface area contributed by atoms with Gasteiger partial charge in [0.2, 0.25) is 0 Å². The minimum atomic E-state index is -0.590. The maximum Gasteiger partial charge on any atom is 0.331 e. The topological polar surface area (TPSA) is 55.4 Å². The second kappa shape index (κ2) is 9.04. The normalized spacial score (nSPS) is 10.9. The number of carbonyl (C=O) groups is 2. The van der Waals surface area contributed by atoms with Crippen molar-refractivity contribution in [1.82, 2.24) is 0 Å². The van der Waals surface area contributed by atoms with E-state index in [0.29, 0.717) is 5.02 Å². The van der Waals surface area contributed by atoms with E-state index < -0.39 is 5.97 Å². The van der Waals surface area contributed by atoms with Crippen LogP contribution in [0.4, 0.5) is 5.69 Å². The summed E-state index contributed by atoms with van der Waals surface area (Å²) in [7, 11) is 0. The second-order valence-corrected chi connectivity index (χ2v) is 6.22. The van der Waals surface area contributed by atoms with Crippen molar-refractivity contribution in [2.45, 2.75) is 19.8 Å². The van der Waals surface area contributed by atoms with E-state index in [2.05, 4.69) is 5.32 Å². The van der Waals surface area contributed by atoms with Crippen LogP contribution in [0.1, 0.15) is 30.9 Å². The number of rotatable bonds is 6. The standard InChI is InChI=1S/C20H20ClNO3/c1-14(2)17-8-3-4-9-18(17)22-19(23)13-25-20(24)11-10-15-6-5-7-16(21)12-15/h3-12,14H,13H2,1-2H3,(H,22,23)/b11-10+. The third-order valence-corrected chi connectivity index (χ3v) is 3.70. The van der Waals surface area contributed by atoms with Crippen LogP contribution in [-0.4, -0.2) is 18.5 Å². The zero-order valence-electron chi connectivity index (χ0n) is 14.2. The summed E-state index contributed by atoms with van der Waals surface area (Å²) in [5.41, 5.74) is 2.54. The molecule has 0 radical (unpaired) electrons. The maximum absolute atomic E-state index is 12.0. The Balaban J connectivity index is 1.87. The number of ether oxygens (including phenoxy) is 1. The van der Waals surface area contributed by atoms with Gasteiger partial charge >= 0.3 is 5.97 Å². The smallest absolute Gasteiger partial charge is 0.331 e. The number of nitrogens with one attached hydrogen (secondary N) is 1. The van der Waals surface area contributed by atoms with Crippen molar-refractivity contribution in [3.05, 3.63) is 70.8 Å². The SMILES string of the molecule is CC(C)c1ccccc1NC(=O)COC(=O)/C=C/c1cccc(Cl)c1. The summed E-state index contributed by atoms with van der Waals surface area (Å²) in [6.45, 7) is 3.75. The molecule has 2 aromatic carbocycles. The highest BCUT2D eigenvalue weighted by Gasteiger charge is 2.10. The van der Waals surface area contributed by atoms with Gasteiger partial charge in [-0.15, -0.1) is 0 Å². The van der Waals surface area contributed by atoms with Gasteiger partial charge in [-0.2, -0.15) is 0 Å². The first-order valence-corrected chi connectivity index (χ1v) is 8.32. The van der Waals surface area contributed by atoms with Gasteiger partial charge in [0.25, 0.3) is 5.91 Å². The summed E-state index contributed by atoms with van der Waals surface area (Å²) in [6.07, 6.45) is 2.85. The van der Waals surface area contributed by atoms with Crippen molar-refractivity contribution < 1.29 is 14.3 Å². The highest BCUT2D eigenvalue weighted by Crippen LogP contribution is 2.23. The monoisotopic (exact) mass is 357 g/mol. The Morgan fingerprint density at radius 1 is 1.16 bits per heavy atom. The van der Waals surface area contributed by atoms with Crippen molar-refractivity contribution in [2.75, 3.05) is 11.9 Å². The number of amides is 1. The first-order chi connectivity index (χ1) is 12.0. The number of esters is 1. The fraction of sp³-hybridized carbons (Fsp3) is 0.200.